The number of H-pyrrole nitrogens is 1. The zero-order chi connectivity index (χ0) is 21.5. The van der Waals surface area contributed by atoms with E-state index >= 15 is 0 Å². The summed E-state index contributed by atoms with van der Waals surface area (Å²) in [6, 6.07) is 4.34. The van der Waals surface area contributed by atoms with E-state index in [1.54, 1.807) is 6.20 Å². The number of pyridine rings is 1. The number of aromatic amines is 1. The first kappa shape index (κ1) is 20.9. The summed E-state index contributed by atoms with van der Waals surface area (Å²) in [5.41, 5.74) is 4.21. The molecule has 0 bridgehead atoms. The van der Waals surface area contributed by atoms with Crippen LogP contribution in [0, 0.1) is 0 Å². The second-order valence-electron chi connectivity index (χ2n) is 9.24. The molecule has 0 saturated carbocycles. The largest absolute Gasteiger partial charge is 0.462 e. The van der Waals surface area contributed by atoms with Crippen molar-refractivity contribution < 1.29 is 9.53 Å². The Balaban J connectivity index is 0.000000272. The maximum atomic E-state index is 9.60. The van der Waals surface area contributed by atoms with Gasteiger partial charge in [0.15, 0.2) is 0 Å². The Hall–Kier alpha value is -2.38. The average molecular weight is 430 g/mol. The van der Waals surface area contributed by atoms with Crippen molar-refractivity contribution in [2.24, 2.45) is 0 Å². The summed E-state index contributed by atoms with van der Waals surface area (Å²) in [6.45, 7) is 9.25. The molecule has 30 heavy (non-hydrogen) atoms. The molecule has 3 aromatic heterocycles. The van der Waals surface area contributed by atoms with Crippen LogP contribution >= 0.6 is 11.6 Å². The van der Waals surface area contributed by atoms with Crippen LogP contribution in [0.25, 0.3) is 22.3 Å². The fourth-order valence-electron chi connectivity index (χ4n) is 4.35. The Labute approximate surface area is 181 Å². The molecule has 1 spiro atoms. The molecule has 2 aliphatic heterocycles. The molecule has 2 aliphatic rings. The van der Waals surface area contributed by atoms with Gasteiger partial charge in [0, 0.05) is 47.5 Å². The molecular formula is C22H28ClN5O2. The normalized spacial score (nSPS) is 21.0. The highest BCUT2D eigenvalue weighted by Crippen LogP contribution is 2.43. The van der Waals surface area contributed by atoms with Crippen molar-refractivity contribution in [1.29, 1.82) is 0 Å². The van der Waals surface area contributed by atoms with Gasteiger partial charge in [-0.2, -0.15) is 5.10 Å². The molecule has 0 amide bonds. The third-order valence-electron chi connectivity index (χ3n) is 5.85. The van der Waals surface area contributed by atoms with Crippen molar-refractivity contribution in [1.82, 2.24) is 24.6 Å². The van der Waals surface area contributed by atoms with E-state index in [1.165, 1.54) is 25.1 Å². The number of likely N-dealkylation sites (tertiary alicyclic amines) is 1. The number of hydrogen-bond donors (Lipinski definition) is 1. The van der Waals surface area contributed by atoms with E-state index in [9.17, 15) is 4.79 Å². The lowest BCUT2D eigenvalue weighted by atomic mass is 9.82. The summed E-state index contributed by atoms with van der Waals surface area (Å²) >= 11 is 6.22. The van der Waals surface area contributed by atoms with Gasteiger partial charge in [0.05, 0.1) is 10.7 Å². The maximum Gasteiger partial charge on any atom is 0.293 e. The highest BCUT2D eigenvalue weighted by Gasteiger charge is 2.44. The number of carbonyl (C=O) groups excluding carboxylic acids is 1. The molecule has 5 heterocycles. The molecule has 0 aliphatic carbocycles. The number of ether oxygens (including phenoxy) is 1. The number of rotatable bonds is 2. The zero-order valence-electron chi connectivity index (χ0n) is 17.9. The minimum atomic E-state index is -0.318. The summed E-state index contributed by atoms with van der Waals surface area (Å²) in [5.74, 6) is 0. The quantitative estimate of drug-likeness (QED) is 0.623. The van der Waals surface area contributed by atoms with E-state index in [2.05, 4.69) is 43.5 Å². The molecule has 8 heteroatoms. The van der Waals surface area contributed by atoms with Crippen LogP contribution in [0.15, 0.2) is 24.5 Å². The lowest BCUT2D eigenvalue weighted by Crippen LogP contribution is -2.26. The van der Waals surface area contributed by atoms with Crippen LogP contribution in [0.1, 0.15) is 39.3 Å². The van der Waals surface area contributed by atoms with E-state index < -0.39 is 0 Å². The van der Waals surface area contributed by atoms with Gasteiger partial charge in [-0.05, 0) is 59.3 Å². The lowest BCUT2D eigenvalue weighted by molar-refractivity contribution is -0.138. The van der Waals surface area contributed by atoms with Crippen molar-refractivity contribution in [3.63, 3.8) is 0 Å². The minimum absolute atomic E-state index is 0.295. The van der Waals surface area contributed by atoms with Crippen LogP contribution in [-0.4, -0.2) is 56.9 Å². The highest BCUT2D eigenvalue weighted by atomic mass is 35.5. The number of likely N-dealkylation sites (N-methyl/N-ethyl adjacent to an activating group) is 1. The van der Waals surface area contributed by atoms with Gasteiger partial charge in [-0.25, -0.2) is 4.98 Å². The van der Waals surface area contributed by atoms with Crippen molar-refractivity contribution in [2.45, 2.75) is 51.2 Å². The molecule has 1 unspecified atom stereocenters. The lowest BCUT2D eigenvalue weighted by Gasteiger charge is -2.21. The molecule has 160 valence electrons. The van der Waals surface area contributed by atoms with Gasteiger partial charge in [0.25, 0.3) is 6.47 Å². The van der Waals surface area contributed by atoms with Gasteiger partial charge in [0.1, 0.15) is 11.2 Å². The SMILES string of the molecule is CC(C)(C)OC=O.CN1CCC2(CCn3nc(-c4cnc5[nH]cc(Cl)c5c4)cc32)C1. The van der Waals surface area contributed by atoms with E-state index in [1.807, 2.05) is 27.0 Å². The monoisotopic (exact) mass is 429 g/mol. The van der Waals surface area contributed by atoms with E-state index in [0.717, 1.165) is 35.4 Å². The van der Waals surface area contributed by atoms with Gasteiger partial charge >= 0.3 is 0 Å². The summed E-state index contributed by atoms with van der Waals surface area (Å²) < 4.78 is 6.74. The number of halogens is 1. The predicted molar refractivity (Wildman–Crippen MR) is 118 cm³/mol. The average Bonchev–Trinajstić information content (AvgIpc) is 3.42. The maximum absolute atomic E-state index is 9.60. The molecule has 3 aromatic rings. The third kappa shape index (κ3) is 3.96. The number of fused-ring (bicyclic) bond motifs is 3. The molecule has 0 radical (unpaired) electrons. The zero-order valence-corrected chi connectivity index (χ0v) is 18.7. The fraction of sp³-hybridized carbons (Fsp3) is 0.500. The van der Waals surface area contributed by atoms with Crippen LogP contribution in [0.4, 0.5) is 0 Å². The first-order valence-electron chi connectivity index (χ1n) is 10.2. The Morgan fingerprint density at radius 3 is 2.67 bits per heavy atom. The van der Waals surface area contributed by atoms with Gasteiger partial charge in [0.2, 0.25) is 0 Å². The number of nitrogens with one attached hydrogen (secondary N) is 1. The predicted octanol–water partition coefficient (Wildman–Crippen LogP) is 4.01. The van der Waals surface area contributed by atoms with Crippen molar-refractivity contribution in [3.05, 3.63) is 35.2 Å². The molecule has 1 saturated heterocycles. The second-order valence-corrected chi connectivity index (χ2v) is 9.65. The van der Waals surface area contributed by atoms with Crippen molar-refractivity contribution >= 4 is 29.1 Å². The molecule has 5 rings (SSSR count). The summed E-state index contributed by atoms with van der Waals surface area (Å²) in [7, 11) is 2.21. The Bertz CT molecular complexity index is 1070. The van der Waals surface area contributed by atoms with E-state index in [-0.39, 0.29) is 5.60 Å². The van der Waals surface area contributed by atoms with Crippen molar-refractivity contribution in [3.8, 4) is 11.3 Å². The van der Waals surface area contributed by atoms with Crippen LogP contribution in [-0.2, 0) is 21.5 Å². The molecule has 0 aromatic carbocycles. The number of carbonyl (C=O) groups is 1. The summed E-state index contributed by atoms with van der Waals surface area (Å²) in [6.07, 6.45) is 6.09. The first-order chi connectivity index (χ1) is 14.2. The van der Waals surface area contributed by atoms with Crippen LogP contribution in [0.5, 0.6) is 0 Å². The Kier molecular flexibility index (Phi) is 5.36. The topological polar surface area (TPSA) is 76.0 Å². The molecule has 1 atom stereocenters. The number of aryl methyl sites for hydroxylation is 1. The molecule has 1 fully saturated rings. The molecule has 7 nitrogen and oxygen atoms in total. The number of aromatic nitrogens is 4. The minimum Gasteiger partial charge on any atom is -0.462 e. The van der Waals surface area contributed by atoms with Gasteiger partial charge in [-0.3, -0.25) is 9.48 Å². The summed E-state index contributed by atoms with van der Waals surface area (Å²) in [4.78, 5) is 19.6. The second kappa shape index (κ2) is 7.71. The smallest absolute Gasteiger partial charge is 0.293 e. The Morgan fingerprint density at radius 2 is 2.03 bits per heavy atom. The van der Waals surface area contributed by atoms with E-state index in [4.69, 9.17) is 16.7 Å². The summed E-state index contributed by atoms with van der Waals surface area (Å²) in [5, 5.41) is 6.49. The highest BCUT2D eigenvalue weighted by molar-refractivity contribution is 6.35. The van der Waals surface area contributed by atoms with Gasteiger partial charge in [-0.15, -0.1) is 0 Å². The standard InChI is InChI=1S/C17H18ClN5.C5H10O2/c1-22-4-2-17(10-22)3-5-23-15(17)7-14(21-23)11-6-12-13(18)9-20-16(12)19-8-11;1-5(2,3)7-4-6/h6-9H,2-5,10H2,1H3,(H,19,20);4H,1-3H3. The first-order valence-corrected chi connectivity index (χ1v) is 10.6. The van der Waals surface area contributed by atoms with Crippen LogP contribution in [0.2, 0.25) is 5.02 Å². The van der Waals surface area contributed by atoms with Crippen LogP contribution in [0.3, 0.4) is 0 Å². The number of hydrogen-bond acceptors (Lipinski definition) is 5. The Morgan fingerprint density at radius 1 is 1.27 bits per heavy atom. The van der Waals surface area contributed by atoms with Crippen molar-refractivity contribution in [2.75, 3.05) is 20.1 Å². The fourth-order valence-corrected chi connectivity index (χ4v) is 4.55. The van der Waals surface area contributed by atoms with E-state index in [0.29, 0.717) is 16.9 Å². The molecular weight excluding hydrogens is 402 g/mol. The molecule has 1 N–H and O–H groups in total. The third-order valence-corrected chi connectivity index (χ3v) is 6.16. The van der Waals surface area contributed by atoms with Crippen LogP contribution < -0.4 is 0 Å². The van der Waals surface area contributed by atoms with Gasteiger partial charge < -0.3 is 14.6 Å². The number of nitrogens with zero attached hydrogens (tertiary/aromatic N) is 4. The van der Waals surface area contributed by atoms with Gasteiger partial charge in [-0.1, -0.05) is 11.6 Å².